The molecule has 1 amide bonds. The van der Waals surface area contributed by atoms with Crippen molar-refractivity contribution in [3.8, 4) is 11.1 Å². The second-order valence-corrected chi connectivity index (χ2v) is 6.41. The molecular formula is C18H17F2N5O. The van der Waals surface area contributed by atoms with Crippen molar-refractivity contribution in [1.82, 2.24) is 14.6 Å². The van der Waals surface area contributed by atoms with E-state index in [0.717, 1.165) is 12.6 Å². The van der Waals surface area contributed by atoms with Gasteiger partial charge in [0.05, 0.1) is 35.2 Å². The lowest BCUT2D eigenvalue weighted by atomic mass is 10.1. The second kappa shape index (κ2) is 6.36. The van der Waals surface area contributed by atoms with Gasteiger partial charge in [0, 0.05) is 23.5 Å². The van der Waals surface area contributed by atoms with Gasteiger partial charge in [0.2, 0.25) is 0 Å². The maximum absolute atomic E-state index is 14.1. The van der Waals surface area contributed by atoms with Gasteiger partial charge < -0.3 is 11.1 Å². The molecule has 3 aromatic heterocycles. The third-order valence-electron chi connectivity index (χ3n) is 4.75. The average Bonchev–Trinajstić information content (AvgIpc) is 3.22. The number of nitrogens with zero attached hydrogens (tertiary/aromatic N) is 3. The fraction of sp³-hybridized carbons (Fsp3) is 0.278. The van der Waals surface area contributed by atoms with Crippen molar-refractivity contribution in [3.63, 3.8) is 0 Å². The molecule has 0 radical (unpaired) electrons. The fourth-order valence-electron chi connectivity index (χ4n) is 3.41. The summed E-state index contributed by atoms with van der Waals surface area (Å²) in [5.74, 6) is -1.12. The summed E-state index contributed by atoms with van der Waals surface area (Å²) in [7, 11) is 0. The lowest BCUT2D eigenvalue weighted by Gasteiger charge is -2.19. The quantitative estimate of drug-likeness (QED) is 0.752. The highest BCUT2D eigenvalue weighted by Gasteiger charge is 2.29. The molecule has 3 N–H and O–H groups in total. The molecule has 0 unspecified atom stereocenters. The van der Waals surface area contributed by atoms with Gasteiger partial charge in [-0.1, -0.05) is 0 Å². The first-order valence-electron chi connectivity index (χ1n) is 8.36. The summed E-state index contributed by atoms with van der Waals surface area (Å²) >= 11 is 0. The van der Waals surface area contributed by atoms with Crippen LogP contribution in [0.4, 0.5) is 14.5 Å². The first kappa shape index (κ1) is 16.4. The molecule has 0 aromatic carbocycles. The Morgan fingerprint density at radius 1 is 1.35 bits per heavy atom. The number of hydrogen-bond donors (Lipinski definition) is 2. The third kappa shape index (κ3) is 2.77. The van der Waals surface area contributed by atoms with Gasteiger partial charge >= 0.3 is 0 Å². The number of alkyl halides is 1. The summed E-state index contributed by atoms with van der Waals surface area (Å²) < 4.78 is 29.7. The summed E-state index contributed by atoms with van der Waals surface area (Å²) in [5, 5.41) is 7.30. The van der Waals surface area contributed by atoms with E-state index in [1.807, 2.05) is 0 Å². The molecule has 26 heavy (non-hydrogen) atoms. The Labute approximate surface area is 148 Å². The average molecular weight is 357 g/mol. The summed E-state index contributed by atoms with van der Waals surface area (Å²) in [6.07, 6.45) is 6.55. The monoisotopic (exact) mass is 357 g/mol. The van der Waals surface area contributed by atoms with E-state index >= 15 is 0 Å². The molecule has 0 aliphatic heterocycles. The highest BCUT2D eigenvalue weighted by molar-refractivity contribution is 6.02. The van der Waals surface area contributed by atoms with Crippen molar-refractivity contribution < 1.29 is 13.6 Å². The smallest absolute Gasteiger partial charge is 0.252 e. The number of nitrogens with one attached hydrogen (secondary N) is 1. The predicted octanol–water partition coefficient (Wildman–Crippen LogP) is 2.94. The highest BCUT2D eigenvalue weighted by atomic mass is 19.1. The van der Waals surface area contributed by atoms with Crippen molar-refractivity contribution in [2.24, 2.45) is 5.73 Å². The number of carbonyl (C=O) groups excluding carboxylic acids is 1. The predicted molar refractivity (Wildman–Crippen MR) is 93.1 cm³/mol. The SMILES string of the molecule is NC(=O)c1cnn2cc(-c3ccncc3F)cc2c1N[C@@H]1CCC[C@@H]1F. The van der Waals surface area contributed by atoms with E-state index in [4.69, 9.17) is 5.73 Å². The Morgan fingerprint density at radius 2 is 2.19 bits per heavy atom. The summed E-state index contributed by atoms with van der Waals surface area (Å²) in [5.41, 5.74) is 7.53. The number of carbonyl (C=O) groups is 1. The Balaban J connectivity index is 1.85. The number of anilines is 1. The number of aromatic nitrogens is 3. The van der Waals surface area contributed by atoms with Crippen LogP contribution in [0.25, 0.3) is 16.6 Å². The lowest BCUT2D eigenvalue weighted by Crippen LogP contribution is -2.27. The molecule has 8 heteroatoms. The van der Waals surface area contributed by atoms with E-state index in [0.29, 0.717) is 35.2 Å². The highest BCUT2D eigenvalue weighted by Crippen LogP contribution is 2.32. The third-order valence-corrected chi connectivity index (χ3v) is 4.75. The van der Waals surface area contributed by atoms with Gasteiger partial charge in [-0.25, -0.2) is 13.3 Å². The Morgan fingerprint density at radius 3 is 2.88 bits per heavy atom. The fourth-order valence-corrected chi connectivity index (χ4v) is 3.41. The standard InChI is InChI=1S/C18H17F2N5O/c19-13-2-1-3-15(13)24-17-12(18(21)26)7-23-25-9-10(6-16(17)25)11-4-5-22-8-14(11)20/h4-9,13,15,24H,1-3H2,(H2,21,26)/t13-,15+/m0/s1. The second-order valence-electron chi connectivity index (χ2n) is 6.41. The lowest BCUT2D eigenvalue weighted by molar-refractivity contribution is 0.100. The van der Waals surface area contributed by atoms with E-state index in [9.17, 15) is 13.6 Å². The molecule has 1 saturated carbocycles. The van der Waals surface area contributed by atoms with E-state index < -0.39 is 23.9 Å². The molecule has 1 aliphatic rings. The van der Waals surface area contributed by atoms with Crippen molar-refractivity contribution in [1.29, 1.82) is 0 Å². The van der Waals surface area contributed by atoms with Crippen LogP contribution < -0.4 is 11.1 Å². The number of halogens is 2. The molecule has 134 valence electrons. The number of rotatable bonds is 4. The number of pyridine rings is 1. The van der Waals surface area contributed by atoms with Crippen molar-refractivity contribution >= 4 is 17.1 Å². The van der Waals surface area contributed by atoms with Gasteiger partial charge in [-0.2, -0.15) is 5.10 Å². The van der Waals surface area contributed by atoms with Crippen LogP contribution in [0, 0.1) is 5.82 Å². The number of hydrogen-bond acceptors (Lipinski definition) is 4. The Kier molecular flexibility index (Phi) is 4.02. The zero-order valence-electron chi connectivity index (χ0n) is 13.8. The molecule has 4 rings (SSSR count). The van der Waals surface area contributed by atoms with E-state index in [1.165, 1.54) is 16.9 Å². The Bertz CT molecular complexity index is 987. The molecule has 3 heterocycles. The zero-order chi connectivity index (χ0) is 18.3. The van der Waals surface area contributed by atoms with Gasteiger partial charge in [-0.15, -0.1) is 0 Å². The molecule has 0 saturated heterocycles. The minimum atomic E-state index is -0.990. The zero-order valence-corrected chi connectivity index (χ0v) is 13.8. The summed E-state index contributed by atoms with van der Waals surface area (Å²) in [6, 6.07) is 2.86. The van der Waals surface area contributed by atoms with Crippen LogP contribution >= 0.6 is 0 Å². The first-order chi connectivity index (χ1) is 12.5. The van der Waals surface area contributed by atoms with E-state index in [2.05, 4.69) is 15.4 Å². The van der Waals surface area contributed by atoms with Gasteiger partial charge in [-0.05, 0) is 31.4 Å². The molecule has 3 aromatic rings. The van der Waals surface area contributed by atoms with Gasteiger partial charge in [0.1, 0.15) is 12.0 Å². The molecule has 0 spiro atoms. The minimum absolute atomic E-state index is 0.177. The van der Waals surface area contributed by atoms with Crippen LogP contribution in [0.15, 0.2) is 36.9 Å². The molecule has 2 atom stereocenters. The van der Waals surface area contributed by atoms with Gasteiger partial charge in [0.15, 0.2) is 0 Å². The van der Waals surface area contributed by atoms with E-state index in [-0.39, 0.29) is 5.56 Å². The number of amides is 1. The van der Waals surface area contributed by atoms with Crippen LogP contribution in [-0.4, -0.2) is 32.7 Å². The topological polar surface area (TPSA) is 85.3 Å². The van der Waals surface area contributed by atoms with Gasteiger partial charge in [-0.3, -0.25) is 9.78 Å². The molecular weight excluding hydrogens is 340 g/mol. The first-order valence-corrected chi connectivity index (χ1v) is 8.36. The van der Waals surface area contributed by atoms with Gasteiger partial charge in [0.25, 0.3) is 5.91 Å². The molecule has 1 aliphatic carbocycles. The molecule has 1 fully saturated rings. The van der Waals surface area contributed by atoms with Crippen LogP contribution in [0.3, 0.4) is 0 Å². The van der Waals surface area contributed by atoms with Crippen molar-refractivity contribution in [3.05, 3.63) is 48.3 Å². The number of primary amides is 1. The van der Waals surface area contributed by atoms with Crippen LogP contribution in [-0.2, 0) is 0 Å². The maximum Gasteiger partial charge on any atom is 0.252 e. The van der Waals surface area contributed by atoms with Crippen LogP contribution in [0.1, 0.15) is 29.6 Å². The number of nitrogens with two attached hydrogens (primary N) is 1. The van der Waals surface area contributed by atoms with Crippen LogP contribution in [0.2, 0.25) is 0 Å². The normalized spacial score (nSPS) is 19.8. The van der Waals surface area contributed by atoms with Crippen molar-refractivity contribution in [2.45, 2.75) is 31.5 Å². The molecule has 6 nitrogen and oxygen atoms in total. The largest absolute Gasteiger partial charge is 0.377 e. The Hall–Kier alpha value is -3.03. The maximum atomic E-state index is 14.1. The molecule has 0 bridgehead atoms. The van der Waals surface area contributed by atoms with E-state index in [1.54, 1.807) is 18.3 Å². The van der Waals surface area contributed by atoms with Crippen LogP contribution in [0.5, 0.6) is 0 Å². The summed E-state index contributed by atoms with van der Waals surface area (Å²) in [4.78, 5) is 15.6. The minimum Gasteiger partial charge on any atom is -0.377 e. The summed E-state index contributed by atoms with van der Waals surface area (Å²) in [6.45, 7) is 0. The number of fused-ring (bicyclic) bond motifs is 1. The van der Waals surface area contributed by atoms with Crippen molar-refractivity contribution in [2.75, 3.05) is 5.32 Å².